The van der Waals surface area contributed by atoms with Crippen molar-refractivity contribution in [1.29, 1.82) is 0 Å². The Kier molecular flexibility index (Phi) is 4.34. The Morgan fingerprint density at radius 1 is 1.08 bits per heavy atom. The van der Waals surface area contributed by atoms with E-state index in [4.69, 9.17) is 0 Å². The molecule has 0 aromatic heterocycles. The van der Waals surface area contributed by atoms with Gasteiger partial charge in [0.1, 0.15) is 11.9 Å². The summed E-state index contributed by atoms with van der Waals surface area (Å²) in [6.45, 7) is 4.21. The maximum atomic E-state index is 14.0. The van der Waals surface area contributed by atoms with Gasteiger partial charge < -0.3 is 9.80 Å². The molecule has 1 aliphatic rings. The largest absolute Gasteiger partial charge is 0.325 e. The van der Waals surface area contributed by atoms with Gasteiger partial charge in [-0.2, -0.15) is 0 Å². The zero-order chi connectivity index (χ0) is 17.3. The van der Waals surface area contributed by atoms with Crippen molar-refractivity contribution in [3.05, 3.63) is 65.5 Å². The summed E-state index contributed by atoms with van der Waals surface area (Å²) in [5.41, 5.74) is 1.73. The molecule has 0 spiro atoms. The molecule has 4 nitrogen and oxygen atoms in total. The minimum atomic E-state index is -0.634. The fourth-order valence-corrected chi connectivity index (χ4v) is 3.03. The fraction of sp³-hybridized carbons (Fsp3) is 0.263. The van der Waals surface area contributed by atoms with Crippen molar-refractivity contribution < 1.29 is 14.0 Å². The van der Waals surface area contributed by atoms with Crippen LogP contribution in [0, 0.1) is 12.7 Å². The molecule has 0 N–H and O–H groups in total. The second-order valence-electron chi connectivity index (χ2n) is 5.93. The molecule has 1 unspecified atom stereocenters. The van der Waals surface area contributed by atoms with Crippen LogP contribution in [0.5, 0.6) is 0 Å². The molecule has 1 saturated heterocycles. The van der Waals surface area contributed by atoms with Gasteiger partial charge in [0.05, 0.1) is 5.69 Å². The number of carbonyl (C=O) groups is 2. The maximum absolute atomic E-state index is 14.0. The summed E-state index contributed by atoms with van der Waals surface area (Å²) < 4.78 is 14.0. The van der Waals surface area contributed by atoms with Crippen molar-refractivity contribution in [3.63, 3.8) is 0 Å². The van der Waals surface area contributed by atoms with Crippen LogP contribution in [0.15, 0.2) is 48.5 Å². The highest BCUT2D eigenvalue weighted by atomic mass is 19.1. The molecule has 1 atom stereocenters. The molecule has 0 aliphatic carbocycles. The van der Waals surface area contributed by atoms with Gasteiger partial charge in [-0.15, -0.1) is 0 Å². The topological polar surface area (TPSA) is 40.6 Å². The molecule has 2 aromatic carbocycles. The number of amides is 2. The van der Waals surface area contributed by atoms with Gasteiger partial charge in [-0.3, -0.25) is 9.59 Å². The maximum Gasteiger partial charge on any atom is 0.254 e. The first-order valence-electron chi connectivity index (χ1n) is 7.93. The molecule has 1 aliphatic heterocycles. The van der Waals surface area contributed by atoms with Crippen LogP contribution >= 0.6 is 0 Å². The van der Waals surface area contributed by atoms with Crippen LogP contribution in [0.4, 0.5) is 10.1 Å². The molecule has 0 bridgehead atoms. The molecular formula is C19H19FN2O2. The van der Waals surface area contributed by atoms with Crippen LogP contribution in [0.25, 0.3) is 0 Å². The van der Waals surface area contributed by atoms with E-state index in [2.05, 4.69) is 0 Å². The predicted octanol–water partition coefficient (Wildman–Crippen LogP) is 3.01. The van der Waals surface area contributed by atoms with Gasteiger partial charge in [-0.1, -0.05) is 30.3 Å². The quantitative estimate of drug-likeness (QED) is 0.851. The smallest absolute Gasteiger partial charge is 0.254 e. The average Bonchev–Trinajstić information content (AvgIpc) is 2.58. The molecule has 2 amide bonds. The predicted molar refractivity (Wildman–Crippen MR) is 90.4 cm³/mol. The monoisotopic (exact) mass is 326 g/mol. The van der Waals surface area contributed by atoms with E-state index in [0.29, 0.717) is 12.1 Å². The first-order valence-corrected chi connectivity index (χ1v) is 7.93. The van der Waals surface area contributed by atoms with E-state index in [1.54, 1.807) is 36.1 Å². The number of nitrogens with zero attached hydrogens (tertiary/aromatic N) is 2. The minimum Gasteiger partial charge on any atom is -0.325 e. The van der Waals surface area contributed by atoms with Crippen LogP contribution in [0.2, 0.25) is 0 Å². The molecule has 5 heteroatoms. The summed E-state index contributed by atoms with van der Waals surface area (Å²) in [5.74, 6) is -0.868. The highest BCUT2D eigenvalue weighted by Gasteiger charge is 2.36. The third kappa shape index (κ3) is 2.77. The molecule has 1 heterocycles. The highest BCUT2D eigenvalue weighted by Crippen LogP contribution is 2.24. The number of carbonyl (C=O) groups excluding carboxylic acids is 2. The standard InChI is InChI=1S/C19H19FN2O2/c1-13-7-3-4-8-15(13)19(24)21-11-12-22(18(23)14(21)2)17-10-6-5-9-16(17)20/h3-10,14H,11-12H2,1-2H3. The van der Waals surface area contributed by atoms with E-state index < -0.39 is 11.9 Å². The highest BCUT2D eigenvalue weighted by molar-refractivity contribution is 6.03. The Morgan fingerprint density at radius 2 is 1.75 bits per heavy atom. The van der Waals surface area contributed by atoms with Gasteiger partial charge in [-0.25, -0.2) is 4.39 Å². The summed E-state index contributed by atoms with van der Waals surface area (Å²) in [6, 6.07) is 12.9. The fourth-order valence-electron chi connectivity index (χ4n) is 3.03. The summed E-state index contributed by atoms with van der Waals surface area (Å²) in [7, 11) is 0. The number of para-hydroxylation sites is 1. The lowest BCUT2D eigenvalue weighted by atomic mass is 10.0. The molecule has 124 valence electrons. The van der Waals surface area contributed by atoms with Crippen LogP contribution in [-0.2, 0) is 4.79 Å². The third-order valence-electron chi connectivity index (χ3n) is 4.44. The number of halogens is 1. The first-order chi connectivity index (χ1) is 11.5. The number of hydrogen-bond acceptors (Lipinski definition) is 2. The van der Waals surface area contributed by atoms with Crippen molar-refractivity contribution in [2.75, 3.05) is 18.0 Å². The van der Waals surface area contributed by atoms with E-state index >= 15 is 0 Å². The number of piperazine rings is 1. The zero-order valence-electron chi connectivity index (χ0n) is 13.7. The van der Waals surface area contributed by atoms with Crippen molar-refractivity contribution >= 4 is 17.5 Å². The molecule has 0 radical (unpaired) electrons. The number of aryl methyl sites for hydroxylation is 1. The van der Waals surface area contributed by atoms with Gasteiger partial charge in [-0.05, 0) is 37.6 Å². The van der Waals surface area contributed by atoms with E-state index in [0.717, 1.165) is 5.56 Å². The minimum absolute atomic E-state index is 0.165. The van der Waals surface area contributed by atoms with Crippen molar-refractivity contribution in [1.82, 2.24) is 4.90 Å². The molecular weight excluding hydrogens is 307 g/mol. The summed E-state index contributed by atoms with van der Waals surface area (Å²) >= 11 is 0. The first kappa shape index (κ1) is 16.2. The van der Waals surface area contributed by atoms with Gasteiger partial charge in [0.15, 0.2) is 0 Å². The normalized spacial score (nSPS) is 18.0. The Hall–Kier alpha value is -2.69. The molecule has 0 saturated carbocycles. The molecule has 1 fully saturated rings. The van der Waals surface area contributed by atoms with Gasteiger partial charge >= 0.3 is 0 Å². The number of benzene rings is 2. The average molecular weight is 326 g/mol. The van der Waals surface area contributed by atoms with E-state index in [9.17, 15) is 14.0 Å². The Labute approximate surface area is 140 Å². The molecule has 3 rings (SSSR count). The lowest BCUT2D eigenvalue weighted by Gasteiger charge is -2.39. The lowest BCUT2D eigenvalue weighted by molar-refractivity contribution is -0.124. The van der Waals surface area contributed by atoms with Crippen LogP contribution in [-0.4, -0.2) is 35.8 Å². The Morgan fingerprint density at radius 3 is 2.46 bits per heavy atom. The van der Waals surface area contributed by atoms with Gasteiger partial charge in [0.2, 0.25) is 5.91 Å². The van der Waals surface area contributed by atoms with E-state index in [1.807, 2.05) is 25.1 Å². The third-order valence-corrected chi connectivity index (χ3v) is 4.44. The van der Waals surface area contributed by atoms with Crippen LogP contribution < -0.4 is 4.90 Å². The van der Waals surface area contributed by atoms with Crippen LogP contribution in [0.3, 0.4) is 0 Å². The summed E-state index contributed by atoms with van der Waals surface area (Å²) in [4.78, 5) is 28.4. The second kappa shape index (κ2) is 6.43. The van der Waals surface area contributed by atoms with E-state index in [1.165, 1.54) is 11.0 Å². The lowest BCUT2D eigenvalue weighted by Crippen LogP contribution is -2.58. The summed E-state index contributed by atoms with van der Waals surface area (Å²) in [5, 5.41) is 0. The second-order valence-corrected chi connectivity index (χ2v) is 5.93. The number of rotatable bonds is 2. The SMILES string of the molecule is Cc1ccccc1C(=O)N1CCN(c2ccccc2F)C(=O)C1C. The van der Waals surface area contributed by atoms with Crippen molar-refractivity contribution in [2.24, 2.45) is 0 Å². The van der Waals surface area contributed by atoms with Crippen molar-refractivity contribution in [2.45, 2.75) is 19.9 Å². The Bertz CT molecular complexity index is 790. The number of hydrogen-bond donors (Lipinski definition) is 0. The van der Waals surface area contributed by atoms with Crippen molar-refractivity contribution in [3.8, 4) is 0 Å². The van der Waals surface area contributed by atoms with Gasteiger partial charge in [0, 0.05) is 18.7 Å². The summed E-state index contributed by atoms with van der Waals surface area (Å²) in [6.07, 6.45) is 0. The Balaban J connectivity index is 1.84. The van der Waals surface area contributed by atoms with E-state index in [-0.39, 0.29) is 24.0 Å². The van der Waals surface area contributed by atoms with Crippen LogP contribution in [0.1, 0.15) is 22.8 Å². The van der Waals surface area contributed by atoms with Gasteiger partial charge in [0.25, 0.3) is 5.91 Å². The zero-order valence-corrected chi connectivity index (χ0v) is 13.7. The molecule has 24 heavy (non-hydrogen) atoms. The molecule has 2 aromatic rings. The number of anilines is 1.